The molecule has 0 amide bonds. The number of para-hydroxylation sites is 2. The highest BCUT2D eigenvalue weighted by Gasteiger charge is 2.47. The van der Waals surface area contributed by atoms with Gasteiger partial charge in [0, 0.05) is 55.3 Å². The van der Waals surface area contributed by atoms with E-state index in [-0.39, 0.29) is 28.4 Å². The van der Waals surface area contributed by atoms with Gasteiger partial charge in [-0.15, -0.1) is 0 Å². The van der Waals surface area contributed by atoms with E-state index < -0.39 is 6.85 Å². The van der Waals surface area contributed by atoms with Crippen LogP contribution in [0.5, 0.6) is 0 Å². The molecular formula is C66H66BN3. The number of anilines is 9. The fourth-order valence-corrected chi connectivity index (χ4v) is 12.8. The number of aryl methyl sites for hydroxylation is 2. The van der Waals surface area contributed by atoms with E-state index in [4.69, 9.17) is 0 Å². The summed E-state index contributed by atoms with van der Waals surface area (Å²) in [7, 11) is 0. The molecule has 2 aliphatic heterocycles. The van der Waals surface area contributed by atoms with Crippen molar-refractivity contribution in [3.8, 4) is 11.1 Å². The van der Waals surface area contributed by atoms with Gasteiger partial charge in [-0.25, -0.2) is 0 Å². The summed E-state index contributed by atoms with van der Waals surface area (Å²) in [5.74, 6) is 0. The number of benzene rings is 8. The Kier molecular flexibility index (Phi) is 9.31. The third kappa shape index (κ3) is 6.99. The maximum absolute atomic E-state index is 9.20. The summed E-state index contributed by atoms with van der Waals surface area (Å²) in [5, 5.41) is 0. The molecule has 0 atom stereocenters. The van der Waals surface area contributed by atoms with Crippen LogP contribution in [-0.2, 0) is 21.7 Å². The van der Waals surface area contributed by atoms with Gasteiger partial charge >= 0.3 is 0 Å². The van der Waals surface area contributed by atoms with Gasteiger partial charge in [0.05, 0.1) is 0 Å². The minimum Gasteiger partial charge on any atom is -0.311 e. The average molecular weight is 915 g/mol. The summed E-state index contributed by atoms with van der Waals surface area (Å²) in [6, 6.07) is 61.9. The smallest absolute Gasteiger partial charge is 0.252 e. The van der Waals surface area contributed by atoms with Crippen LogP contribution in [-0.4, -0.2) is 6.71 Å². The van der Waals surface area contributed by atoms with Crippen molar-refractivity contribution in [3.63, 3.8) is 0 Å². The van der Waals surface area contributed by atoms with Gasteiger partial charge in [-0.2, -0.15) is 0 Å². The fourth-order valence-electron chi connectivity index (χ4n) is 12.8. The van der Waals surface area contributed by atoms with Crippen molar-refractivity contribution < 1.29 is 4.11 Å². The second-order valence-electron chi connectivity index (χ2n) is 23.4. The van der Waals surface area contributed by atoms with E-state index >= 15 is 0 Å². The largest absolute Gasteiger partial charge is 0.311 e. The van der Waals surface area contributed by atoms with E-state index in [0.717, 1.165) is 99.0 Å². The lowest BCUT2D eigenvalue weighted by Crippen LogP contribution is -2.62. The molecule has 0 N–H and O–H groups in total. The van der Waals surface area contributed by atoms with Crippen molar-refractivity contribution in [1.82, 2.24) is 0 Å². The van der Waals surface area contributed by atoms with Gasteiger partial charge in [0.15, 0.2) is 0 Å². The third-order valence-corrected chi connectivity index (χ3v) is 16.9. The Labute approximate surface area is 422 Å². The van der Waals surface area contributed by atoms with Gasteiger partial charge < -0.3 is 14.7 Å². The molecule has 3 nitrogen and oxygen atoms in total. The molecule has 8 aromatic rings. The Bertz CT molecular complexity index is 3450. The zero-order valence-corrected chi connectivity index (χ0v) is 42.4. The van der Waals surface area contributed by atoms with E-state index in [1.165, 1.54) is 33.2 Å². The number of hydrogen-bond acceptors (Lipinski definition) is 3. The molecule has 0 fully saturated rings. The van der Waals surface area contributed by atoms with Gasteiger partial charge in [0.1, 0.15) is 0 Å². The normalized spacial score (nSPS) is 18.2. The highest BCUT2D eigenvalue weighted by Crippen LogP contribution is 2.53. The van der Waals surface area contributed by atoms with Crippen molar-refractivity contribution in [2.24, 2.45) is 0 Å². The first-order chi connectivity index (χ1) is 34.7. The molecular weight excluding hydrogens is 846 g/mol. The lowest BCUT2D eigenvalue weighted by molar-refractivity contribution is 0.332. The summed E-state index contributed by atoms with van der Waals surface area (Å²) in [6.07, 6.45) is 4.39. The van der Waals surface area contributed by atoms with E-state index in [1.54, 1.807) is 0 Å². The Hall–Kier alpha value is -6.78. The van der Waals surface area contributed by atoms with Crippen molar-refractivity contribution >= 4 is 74.3 Å². The van der Waals surface area contributed by atoms with Gasteiger partial charge in [-0.1, -0.05) is 140 Å². The van der Waals surface area contributed by atoms with Crippen molar-refractivity contribution in [2.75, 3.05) is 14.7 Å². The maximum atomic E-state index is 9.20. The van der Waals surface area contributed by atoms with Crippen LogP contribution in [0.25, 0.3) is 11.1 Å². The van der Waals surface area contributed by atoms with Crippen molar-refractivity contribution in [3.05, 3.63) is 203 Å². The number of rotatable bonds is 6. The summed E-state index contributed by atoms with van der Waals surface area (Å²) in [6.45, 7) is 18.8. The highest BCUT2D eigenvalue weighted by molar-refractivity contribution is 7.00. The van der Waals surface area contributed by atoms with Crippen LogP contribution >= 0.6 is 0 Å². The minimum absolute atomic E-state index is 0.0343. The molecule has 0 saturated carbocycles. The van der Waals surface area contributed by atoms with Crippen molar-refractivity contribution in [1.29, 1.82) is 0 Å². The standard InChI is InChI=1S/C66H66BN3/c1-43-36-60-62-61(37-43)70(57-30-26-46(38-44(57)2)45-20-14-11-15-21-45)58-31-28-50(68(47-22-16-12-17-23-47)48-24-18-13-19-25-48)40-55(58)67(62)56-41-53-54(66(9,10)35-34-65(53,7)8)42-59(56)69(60)49-27-29-51-52(39-49)64(5,6)33-32-63(51,3)4/h11-31,36-42H,32-35H2,1-10H3/i1D3. The van der Waals surface area contributed by atoms with Crippen LogP contribution in [0.2, 0.25) is 0 Å². The molecule has 8 aromatic carbocycles. The minimum atomic E-state index is -2.38. The topological polar surface area (TPSA) is 9.72 Å². The quantitative estimate of drug-likeness (QED) is 0.154. The highest BCUT2D eigenvalue weighted by atomic mass is 15.2. The molecule has 2 heterocycles. The molecule has 348 valence electrons. The molecule has 0 unspecified atom stereocenters. The second-order valence-corrected chi connectivity index (χ2v) is 23.4. The molecule has 0 spiro atoms. The molecule has 0 saturated heterocycles. The molecule has 12 rings (SSSR count). The van der Waals surface area contributed by atoms with Crippen LogP contribution in [0.3, 0.4) is 0 Å². The first-order valence-electron chi connectivity index (χ1n) is 27.0. The zero-order valence-electron chi connectivity index (χ0n) is 45.4. The van der Waals surface area contributed by atoms with Crippen LogP contribution in [0.15, 0.2) is 170 Å². The summed E-state index contributed by atoms with van der Waals surface area (Å²) < 4.78 is 27.6. The van der Waals surface area contributed by atoms with E-state index in [2.05, 4.69) is 235 Å². The third-order valence-electron chi connectivity index (χ3n) is 16.9. The van der Waals surface area contributed by atoms with Gasteiger partial charge in [-0.05, 0) is 207 Å². The Morgan fingerprint density at radius 2 is 0.957 bits per heavy atom. The summed E-state index contributed by atoms with van der Waals surface area (Å²) in [5.41, 5.74) is 22.0. The maximum Gasteiger partial charge on any atom is 0.252 e. The predicted molar refractivity (Wildman–Crippen MR) is 301 cm³/mol. The Balaban J connectivity index is 1.21. The van der Waals surface area contributed by atoms with Crippen LogP contribution in [0.4, 0.5) is 51.2 Å². The van der Waals surface area contributed by atoms with Crippen molar-refractivity contribution in [2.45, 2.75) is 117 Å². The first kappa shape index (κ1) is 41.0. The molecule has 0 aromatic heterocycles. The van der Waals surface area contributed by atoms with E-state index in [0.29, 0.717) is 5.56 Å². The van der Waals surface area contributed by atoms with Gasteiger partial charge in [0.25, 0.3) is 6.71 Å². The first-order valence-corrected chi connectivity index (χ1v) is 25.5. The van der Waals surface area contributed by atoms with Crippen LogP contribution in [0, 0.1) is 13.8 Å². The van der Waals surface area contributed by atoms with E-state index in [9.17, 15) is 4.11 Å². The second kappa shape index (κ2) is 15.9. The summed E-state index contributed by atoms with van der Waals surface area (Å²) >= 11 is 0. The molecule has 0 radical (unpaired) electrons. The number of hydrogen-bond donors (Lipinski definition) is 0. The lowest BCUT2D eigenvalue weighted by atomic mass is 9.33. The summed E-state index contributed by atoms with van der Waals surface area (Å²) in [4.78, 5) is 7.22. The average Bonchev–Trinajstić information content (AvgIpc) is 3.37. The lowest BCUT2D eigenvalue weighted by Gasteiger charge is -2.48. The Morgan fingerprint density at radius 1 is 0.429 bits per heavy atom. The zero-order chi connectivity index (χ0) is 51.0. The molecule has 0 bridgehead atoms. The number of nitrogens with zero attached hydrogens (tertiary/aromatic N) is 3. The SMILES string of the molecule is [2H]C([2H])([2H])c1cc2c3c(c1)N(c1ccc(-c4ccccc4)cc1C)c1ccc(N(c4ccccc4)c4ccccc4)cc1B3c1cc3c(cc1N2c1ccc2c(c1)C(C)(C)CCC2(C)C)C(C)(C)CCC3(C)C. The predicted octanol–water partition coefficient (Wildman–Crippen LogP) is 16.2. The molecule has 4 aliphatic rings. The van der Waals surface area contributed by atoms with Gasteiger partial charge in [-0.3, -0.25) is 0 Å². The fraction of sp³-hybridized carbons (Fsp3) is 0.273. The van der Waals surface area contributed by atoms with Crippen LogP contribution < -0.4 is 31.1 Å². The molecule has 70 heavy (non-hydrogen) atoms. The Morgan fingerprint density at radius 3 is 1.56 bits per heavy atom. The number of fused-ring (bicyclic) bond motifs is 6. The monoisotopic (exact) mass is 915 g/mol. The molecule has 2 aliphatic carbocycles. The molecule has 4 heteroatoms. The van der Waals surface area contributed by atoms with Crippen LogP contribution in [0.1, 0.15) is 119 Å². The van der Waals surface area contributed by atoms with Gasteiger partial charge in [0.2, 0.25) is 0 Å². The van der Waals surface area contributed by atoms with E-state index in [1.807, 2.05) is 12.1 Å².